The van der Waals surface area contributed by atoms with Crippen LogP contribution in [0.5, 0.6) is 0 Å². The van der Waals surface area contributed by atoms with E-state index in [0.29, 0.717) is 26.2 Å². The van der Waals surface area contributed by atoms with Crippen LogP contribution in [0.25, 0.3) is 0 Å². The van der Waals surface area contributed by atoms with E-state index >= 15 is 0 Å². The molecule has 2 N–H and O–H groups in total. The molecular weight excluding hydrogens is 296 g/mol. The van der Waals surface area contributed by atoms with Crippen molar-refractivity contribution < 1.29 is 9.53 Å². The van der Waals surface area contributed by atoms with Crippen molar-refractivity contribution in [2.75, 3.05) is 19.8 Å². The number of aromatic nitrogens is 1. The first-order chi connectivity index (χ1) is 8.66. The monoisotopic (exact) mass is 312 g/mol. The Balaban J connectivity index is 2.07. The lowest BCUT2D eigenvalue weighted by Crippen LogP contribution is -2.44. The van der Waals surface area contributed by atoms with Crippen LogP contribution in [0.1, 0.15) is 18.5 Å². The third-order valence-corrected chi connectivity index (χ3v) is 4.03. The molecule has 1 aliphatic heterocycles. The van der Waals surface area contributed by atoms with E-state index in [-0.39, 0.29) is 5.78 Å². The van der Waals surface area contributed by atoms with E-state index in [2.05, 4.69) is 20.9 Å². The van der Waals surface area contributed by atoms with E-state index in [1.54, 1.807) is 6.20 Å². The number of hydrogen-bond donors (Lipinski definition) is 1. The van der Waals surface area contributed by atoms with Crippen LogP contribution in [0.4, 0.5) is 0 Å². The Bertz CT molecular complexity index is 414. The standard InChI is InChI=1S/C13H17BrN2O2/c14-10-1-2-11(16-8-10)7-12(17)13(9-15)3-5-18-6-4-13/h1-2,8H,3-7,9,15H2. The first-order valence-electron chi connectivity index (χ1n) is 6.08. The number of pyridine rings is 1. The number of Topliss-reactive ketones (excluding diaryl/α,β-unsaturated/α-hetero) is 1. The third kappa shape index (κ3) is 2.96. The van der Waals surface area contributed by atoms with Crippen LogP contribution in [0.2, 0.25) is 0 Å². The number of rotatable bonds is 4. The summed E-state index contributed by atoms with van der Waals surface area (Å²) in [6.07, 6.45) is 3.50. The number of ketones is 1. The normalized spacial score (nSPS) is 18.6. The summed E-state index contributed by atoms with van der Waals surface area (Å²) in [5, 5.41) is 0. The van der Waals surface area contributed by atoms with Crippen LogP contribution in [-0.2, 0) is 16.0 Å². The highest BCUT2D eigenvalue weighted by atomic mass is 79.9. The first-order valence-corrected chi connectivity index (χ1v) is 6.87. The fourth-order valence-corrected chi connectivity index (χ4v) is 2.46. The average molecular weight is 313 g/mol. The van der Waals surface area contributed by atoms with E-state index in [1.165, 1.54) is 0 Å². The zero-order valence-corrected chi connectivity index (χ0v) is 11.8. The summed E-state index contributed by atoms with van der Waals surface area (Å²) in [6.45, 7) is 1.64. The van der Waals surface area contributed by atoms with Crippen molar-refractivity contribution >= 4 is 21.7 Å². The Morgan fingerprint density at radius 1 is 1.44 bits per heavy atom. The van der Waals surface area contributed by atoms with Crippen molar-refractivity contribution in [2.24, 2.45) is 11.1 Å². The number of carbonyl (C=O) groups is 1. The minimum absolute atomic E-state index is 0.183. The quantitative estimate of drug-likeness (QED) is 0.919. The maximum Gasteiger partial charge on any atom is 0.146 e. The van der Waals surface area contributed by atoms with Gasteiger partial charge in [0.15, 0.2) is 0 Å². The largest absolute Gasteiger partial charge is 0.381 e. The molecule has 5 heteroatoms. The lowest BCUT2D eigenvalue weighted by molar-refractivity contribution is -0.132. The van der Waals surface area contributed by atoms with Gasteiger partial charge in [-0.15, -0.1) is 0 Å². The third-order valence-electron chi connectivity index (χ3n) is 3.56. The number of carbonyl (C=O) groups excluding carboxylic acids is 1. The average Bonchev–Trinajstić information content (AvgIpc) is 2.42. The van der Waals surface area contributed by atoms with Crippen LogP contribution in [0.15, 0.2) is 22.8 Å². The van der Waals surface area contributed by atoms with Gasteiger partial charge >= 0.3 is 0 Å². The van der Waals surface area contributed by atoms with Crippen LogP contribution in [0.3, 0.4) is 0 Å². The lowest BCUT2D eigenvalue weighted by atomic mass is 9.75. The molecule has 0 aromatic carbocycles. The highest BCUT2D eigenvalue weighted by Crippen LogP contribution is 2.31. The molecule has 0 saturated carbocycles. The molecule has 1 aromatic heterocycles. The molecule has 0 unspecified atom stereocenters. The van der Waals surface area contributed by atoms with E-state index in [4.69, 9.17) is 10.5 Å². The van der Waals surface area contributed by atoms with Crippen LogP contribution in [-0.4, -0.2) is 30.5 Å². The fourth-order valence-electron chi connectivity index (χ4n) is 2.22. The predicted octanol–water partition coefficient (Wildman–Crippen LogP) is 1.71. The summed E-state index contributed by atoms with van der Waals surface area (Å²) in [6, 6.07) is 3.76. The van der Waals surface area contributed by atoms with E-state index in [0.717, 1.165) is 23.0 Å². The summed E-state index contributed by atoms with van der Waals surface area (Å²) < 4.78 is 6.23. The van der Waals surface area contributed by atoms with Gasteiger partial charge in [-0.05, 0) is 40.9 Å². The second-order valence-electron chi connectivity index (χ2n) is 4.66. The van der Waals surface area contributed by atoms with Crippen molar-refractivity contribution in [2.45, 2.75) is 19.3 Å². The van der Waals surface area contributed by atoms with Gasteiger partial charge in [0.1, 0.15) is 5.78 Å². The van der Waals surface area contributed by atoms with E-state index in [9.17, 15) is 4.79 Å². The Hall–Kier alpha value is -0.780. The molecule has 98 valence electrons. The number of hydrogen-bond acceptors (Lipinski definition) is 4. The van der Waals surface area contributed by atoms with Crippen molar-refractivity contribution in [3.05, 3.63) is 28.5 Å². The molecule has 0 amide bonds. The molecule has 0 spiro atoms. The number of halogens is 1. The van der Waals surface area contributed by atoms with Gasteiger partial charge in [-0.25, -0.2) is 0 Å². The van der Waals surface area contributed by atoms with Crippen molar-refractivity contribution in [1.29, 1.82) is 0 Å². The second kappa shape index (κ2) is 5.91. The molecule has 0 aliphatic carbocycles. The summed E-state index contributed by atoms with van der Waals surface area (Å²) in [5.41, 5.74) is 6.20. The molecule has 0 bridgehead atoms. The minimum atomic E-state index is -0.410. The summed E-state index contributed by atoms with van der Waals surface area (Å²) in [7, 11) is 0. The van der Waals surface area contributed by atoms with Gasteiger partial charge in [0.2, 0.25) is 0 Å². The SMILES string of the molecule is NCC1(C(=O)Cc2ccc(Br)cn2)CCOCC1. The number of ether oxygens (including phenoxy) is 1. The fraction of sp³-hybridized carbons (Fsp3) is 0.538. The first kappa shape index (κ1) is 13.6. The maximum atomic E-state index is 12.4. The molecule has 0 radical (unpaired) electrons. The van der Waals surface area contributed by atoms with E-state index < -0.39 is 5.41 Å². The zero-order chi connectivity index (χ0) is 13.0. The molecular formula is C13H17BrN2O2. The topological polar surface area (TPSA) is 65.2 Å². The molecule has 1 saturated heterocycles. The van der Waals surface area contributed by atoms with Gasteiger partial charge < -0.3 is 10.5 Å². The van der Waals surface area contributed by atoms with Gasteiger partial charge in [-0.1, -0.05) is 0 Å². The minimum Gasteiger partial charge on any atom is -0.381 e. The van der Waals surface area contributed by atoms with Crippen molar-refractivity contribution in [3.63, 3.8) is 0 Å². The Labute approximate surface area is 115 Å². The molecule has 18 heavy (non-hydrogen) atoms. The highest BCUT2D eigenvalue weighted by molar-refractivity contribution is 9.10. The Morgan fingerprint density at radius 2 is 2.17 bits per heavy atom. The van der Waals surface area contributed by atoms with Gasteiger partial charge in [-0.3, -0.25) is 9.78 Å². The second-order valence-corrected chi connectivity index (χ2v) is 5.58. The molecule has 4 nitrogen and oxygen atoms in total. The summed E-state index contributed by atoms with van der Waals surface area (Å²) in [4.78, 5) is 16.7. The molecule has 1 aliphatic rings. The van der Waals surface area contributed by atoms with Crippen LogP contribution >= 0.6 is 15.9 Å². The highest BCUT2D eigenvalue weighted by Gasteiger charge is 2.38. The summed E-state index contributed by atoms with van der Waals surface area (Å²) in [5.74, 6) is 0.183. The van der Waals surface area contributed by atoms with E-state index in [1.807, 2.05) is 12.1 Å². The molecule has 2 heterocycles. The maximum absolute atomic E-state index is 12.4. The van der Waals surface area contributed by atoms with Crippen molar-refractivity contribution in [1.82, 2.24) is 4.98 Å². The molecule has 1 aromatic rings. The number of nitrogens with zero attached hydrogens (tertiary/aromatic N) is 1. The lowest BCUT2D eigenvalue weighted by Gasteiger charge is -2.34. The zero-order valence-electron chi connectivity index (χ0n) is 10.2. The summed E-state index contributed by atoms with van der Waals surface area (Å²) >= 11 is 3.33. The van der Waals surface area contributed by atoms with Crippen LogP contribution in [0, 0.1) is 5.41 Å². The van der Waals surface area contributed by atoms with Crippen molar-refractivity contribution in [3.8, 4) is 0 Å². The molecule has 2 rings (SSSR count). The Kier molecular flexibility index (Phi) is 4.48. The smallest absolute Gasteiger partial charge is 0.146 e. The number of nitrogens with two attached hydrogens (primary N) is 1. The molecule has 0 atom stereocenters. The van der Waals surface area contributed by atoms with Crippen LogP contribution < -0.4 is 5.73 Å². The van der Waals surface area contributed by atoms with Gasteiger partial charge in [0.05, 0.1) is 0 Å². The van der Waals surface area contributed by atoms with Gasteiger partial charge in [0.25, 0.3) is 0 Å². The molecule has 1 fully saturated rings. The van der Waals surface area contributed by atoms with Gasteiger partial charge in [0, 0.05) is 48.0 Å². The Morgan fingerprint density at radius 3 is 2.72 bits per heavy atom. The predicted molar refractivity (Wildman–Crippen MR) is 72.2 cm³/mol. The van der Waals surface area contributed by atoms with Gasteiger partial charge in [-0.2, -0.15) is 0 Å².